The van der Waals surface area contributed by atoms with Crippen molar-refractivity contribution in [1.82, 2.24) is 34.1 Å². The summed E-state index contributed by atoms with van der Waals surface area (Å²) in [6.07, 6.45) is 9.81. The second kappa shape index (κ2) is 8.05. The van der Waals surface area contributed by atoms with Gasteiger partial charge in [-0.15, -0.1) is 0 Å². The molecule has 1 fully saturated rings. The van der Waals surface area contributed by atoms with Crippen LogP contribution in [0.3, 0.4) is 0 Å². The number of nitrogens with zero attached hydrogens (tertiary/aromatic N) is 7. The lowest BCUT2D eigenvalue weighted by Gasteiger charge is -2.24. The molecule has 8 heteroatoms. The van der Waals surface area contributed by atoms with E-state index in [1.807, 2.05) is 24.3 Å². The van der Waals surface area contributed by atoms with Gasteiger partial charge in [0.1, 0.15) is 12.7 Å². The maximum Gasteiger partial charge on any atom is 0.227 e. The number of rotatable bonds is 6. The molecule has 0 bridgehead atoms. The largest absolute Gasteiger partial charge is 0.341 e. The van der Waals surface area contributed by atoms with Crippen LogP contribution in [0.2, 0.25) is 0 Å². The zero-order valence-corrected chi connectivity index (χ0v) is 14.2. The van der Waals surface area contributed by atoms with Crippen LogP contribution in [0.1, 0.15) is 13.3 Å². The van der Waals surface area contributed by atoms with Crippen molar-refractivity contribution in [3.8, 4) is 0 Å². The van der Waals surface area contributed by atoms with Gasteiger partial charge < -0.3 is 9.47 Å². The van der Waals surface area contributed by atoms with Crippen molar-refractivity contribution in [2.75, 3.05) is 32.7 Å². The fourth-order valence-corrected chi connectivity index (χ4v) is 3.09. The zero-order chi connectivity index (χ0) is 16.8. The van der Waals surface area contributed by atoms with E-state index >= 15 is 0 Å². The van der Waals surface area contributed by atoms with Crippen molar-refractivity contribution in [3.63, 3.8) is 0 Å². The van der Waals surface area contributed by atoms with Crippen LogP contribution in [0.5, 0.6) is 0 Å². The molecule has 8 nitrogen and oxygen atoms in total. The lowest BCUT2D eigenvalue weighted by atomic mass is 10.1. The summed E-state index contributed by atoms with van der Waals surface area (Å²) in [4.78, 5) is 25.1. The monoisotopic (exact) mass is 331 g/mol. The first kappa shape index (κ1) is 16.6. The summed E-state index contributed by atoms with van der Waals surface area (Å²) >= 11 is 0. The van der Waals surface area contributed by atoms with Crippen molar-refractivity contribution in [1.29, 1.82) is 0 Å². The Morgan fingerprint density at radius 1 is 1.12 bits per heavy atom. The van der Waals surface area contributed by atoms with Gasteiger partial charge in [0.05, 0.1) is 18.8 Å². The highest BCUT2D eigenvalue weighted by molar-refractivity contribution is 5.78. The van der Waals surface area contributed by atoms with E-state index in [2.05, 4.69) is 24.5 Å². The van der Waals surface area contributed by atoms with Gasteiger partial charge in [-0.25, -0.2) is 9.97 Å². The third kappa shape index (κ3) is 4.41. The second-order valence-electron chi connectivity index (χ2n) is 6.34. The lowest BCUT2D eigenvalue weighted by molar-refractivity contribution is -0.135. The standard InChI is InChI=1S/C16H25N7O/c1-15(11-23-14-18-12-19-23)16(24)22-5-2-4-20(9-10-22)7-8-21-6-3-17-13-21/h3,6,12-15H,2,4-5,7-11H2,1H3. The Morgan fingerprint density at radius 3 is 2.79 bits per heavy atom. The summed E-state index contributed by atoms with van der Waals surface area (Å²) < 4.78 is 3.81. The summed E-state index contributed by atoms with van der Waals surface area (Å²) in [5, 5.41) is 4.08. The number of amides is 1. The number of hydrogen-bond donors (Lipinski definition) is 0. The van der Waals surface area contributed by atoms with E-state index in [-0.39, 0.29) is 11.8 Å². The molecule has 3 heterocycles. The summed E-state index contributed by atoms with van der Waals surface area (Å²) in [7, 11) is 0. The zero-order valence-electron chi connectivity index (χ0n) is 14.2. The summed E-state index contributed by atoms with van der Waals surface area (Å²) in [5.41, 5.74) is 0. The second-order valence-corrected chi connectivity index (χ2v) is 6.34. The topological polar surface area (TPSA) is 72.1 Å². The Hall–Kier alpha value is -2.22. The molecule has 2 aromatic heterocycles. The number of carbonyl (C=O) groups excluding carboxylic acids is 1. The van der Waals surface area contributed by atoms with E-state index in [4.69, 9.17) is 0 Å². The third-order valence-corrected chi connectivity index (χ3v) is 4.48. The highest BCUT2D eigenvalue weighted by atomic mass is 16.2. The minimum atomic E-state index is -0.0794. The summed E-state index contributed by atoms with van der Waals surface area (Å²) in [6.45, 7) is 8.08. The maximum absolute atomic E-state index is 12.7. The summed E-state index contributed by atoms with van der Waals surface area (Å²) in [5.74, 6) is 0.131. The summed E-state index contributed by atoms with van der Waals surface area (Å²) in [6, 6.07) is 0. The molecule has 1 aliphatic rings. The first-order valence-corrected chi connectivity index (χ1v) is 8.51. The Labute approximate surface area is 142 Å². The molecule has 1 amide bonds. The number of hydrogen-bond acceptors (Lipinski definition) is 5. The van der Waals surface area contributed by atoms with E-state index in [1.54, 1.807) is 17.2 Å². The molecule has 24 heavy (non-hydrogen) atoms. The highest BCUT2D eigenvalue weighted by Gasteiger charge is 2.23. The smallest absolute Gasteiger partial charge is 0.227 e. The van der Waals surface area contributed by atoms with Crippen LogP contribution in [0.25, 0.3) is 0 Å². The molecule has 0 aromatic carbocycles. The van der Waals surface area contributed by atoms with Gasteiger partial charge in [-0.05, 0) is 13.0 Å². The number of aromatic nitrogens is 5. The Balaban J connectivity index is 1.46. The van der Waals surface area contributed by atoms with Crippen LogP contribution in [0.4, 0.5) is 0 Å². The lowest BCUT2D eigenvalue weighted by Crippen LogP contribution is -2.39. The van der Waals surface area contributed by atoms with Crippen molar-refractivity contribution < 1.29 is 4.79 Å². The van der Waals surface area contributed by atoms with Crippen molar-refractivity contribution in [2.45, 2.75) is 26.4 Å². The van der Waals surface area contributed by atoms with Gasteiger partial charge in [0.15, 0.2) is 0 Å². The van der Waals surface area contributed by atoms with Crippen molar-refractivity contribution >= 4 is 5.91 Å². The van der Waals surface area contributed by atoms with Gasteiger partial charge in [0.25, 0.3) is 0 Å². The maximum atomic E-state index is 12.7. The molecule has 0 saturated carbocycles. The first-order valence-electron chi connectivity index (χ1n) is 8.51. The van der Waals surface area contributed by atoms with E-state index in [0.29, 0.717) is 6.54 Å². The van der Waals surface area contributed by atoms with Gasteiger partial charge in [0.2, 0.25) is 5.91 Å². The average molecular weight is 331 g/mol. The molecule has 1 unspecified atom stereocenters. The molecule has 0 spiro atoms. The van der Waals surface area contributed by atoms with Gasteiger partial charge in [0, 0.05) is 45.1 Å². The van der Waals surface area contributed by atoms with Crippen LogP contribution in [-0.4, -0.2) is 72.7 Å². The van der Waals surface area contributed by atoms with E-state index in [9.17, 15) is 4.79 Å². The third-order valence-electron chi connectivity index (χ3n) is 4.48. The minimum Gasteiger partial charge on any atom is -0.341 e. The average Bonchev–Trinajstić information content (AvgIpc) is 3.23. The van der Waals surface area contributed by atoms with Crippen LogP contribution < -0.4 is 0 Å². The molecule has 1 saturated heterocycles. The predicted molar refractivity (Wildman–Crippen MR) is 89.1 cm³/mol. The van der Waals surface area contributed by atoms with Crippen LogP contribution in [0.15, 0.2) is 31.4 Å². The SMILES string of the molecule is CC(Cn1cncn1)C(=O)N1CCCN(CCn2ccnc2)CC1. The molecular formula is C16H25N7O. The molecular weight excluding hydrogens is 306 g/mol. The molecule has 0 aliphatic carbocycles. The van der Waals surface area contributed by atoms with Gasteiger partial charge in [-0.3, -0.25) is 14.4 Å². The highest BCUT2D eigenvalue weighted by Crippen LogP contribution is 2.10. The Kier molecular flexibility index (Phi) is 5.58. The van der Waals surface area contributed by atoms with Gasteiger partial charge in [-0.1, -0.05) is 6.92 Å². The van der Waals surface area contributed by atoms with E-state index in [0.717, 1.165) is 45.7 Å². The number of carbonyl (C=O) groups is 1. The van der Waals surface area contributed by atoms with Crippen molar-refractivity contribution in [2.24, 2.45) is 5.92 Å². The Morgan fingerprint density at radius 2 is 2.04 bits per heavy atom. The van der Waals surface area contributed by atoms with Gasteiger partial charge in [-0.2, -0.15) is 5.10 Å². The number of imidazole rings is 1. The molecule has 3 rings (SSSR count). The fraction of sp³-hybridized carbons (Fsp3) is 0.625. The molecule has 0 radical (unpaired) electrons. The molecule has 130 valence electrons. The fourth-order valence-electron chi connectivity index (χ4n) is 3.09. The quantitative estimate of drug-likeness (QED) is 0.763. The minimum absolute atomic E-state index is 0.0794. The molecule has 2 aromatic rings. The van der Waals surface area contributed by atoms with Crippen LogP contribution in [-0.2, 0) is 17.9 Å². The van der Waals surface area contributed by atoms with Gasteiger partial charge >= 0.3 is 0 Å². The predicted octanol–water partition coefficient (Wildman–Crippen LogP) is 0.345. The van der Waals surface area contributed by atoms with Crippen molar-refractivity contribution in [3.05, 3.63) is 31.4 Å². The molecule has 1 aliphatic heterocycles. The van der Waals surface area contributed by atoms with Crippen LogP contribution in [0, 0.1) is 5.92 Å². The normalized spacial score (nSPS) is 17.6. The Bertz CT molecular complexity index is 610. The van der Waals surface area contributed by atoms with E-state index < -0.39 is 0 Å². The van der Waals surface area contributed by atoms with Crippen LogP contribution >= 0.6 is 0 Å². The molecule has 0 N–H and O–H groups in total. The first-order chi connectivity index (χ1) is 11.7. The molecule has 1 atom stereocenters. The van der Waals surface area contributed by atoms with E-state index in [1.165, 1.54) is 6.33 Å².